The second kappa shape index (κ2) is 8.02. The van der Waals surface area contributed by atoms with Crippen molar-refractivity contribution in [3.63, 3.8) is 0 Å². The van der Waals surface area contributed by atoms with Crippen LogP contribution >= 0.6 is 0 Å². The standard InChI is InChI=1S/C19H28FN/c1-7-9-18(13(3)4)21-12-16-10-11-17(20)19(15(16)6)14(5)8-2/h8-11,13,21H,7,12H2,1-6H3/b14-8-,18-9?. The summed E-state index contributed by atoms with van der Waals surface area (Å²) in [6.07, 6.45) is 5.20. The van der Waals surface area contributed by atoms with E-state index in [4.69, 9.17) is 0 Å². The van der Waals surface area contributed by atoms with E-state index in [0.29, 0.717) is 5.92 Å². The lowest BCUT2D eigenvalue weighted by molar-refractivity contribution is 0.617. The fourth-order valence-electron chi connectivity index (χ4n) is 2.47. The van der Waals surface area contributed by atoms with Gasteiger partial charge in [0.25, 0.3) is 0 Å². The Kier molecular flexibility index (Phi) is 6.67. The van der Waals surface area contributed by atoms with Crippen molar-refractivity contribution in [2.75, 3.05) is 0 Å². The highest BCUT2D eigenvalue weighted by Crippen LogP contribution is 2.25. The number of rotatable bonds is 6. The molecule has 0 bridgehead atoms. The van der Waals surface area contributed by atoms with Gasteiger partial charge in [0, 0.05) is 17.8 Å². The number of allylic oxidation sites excluding steroid dienone is 4. The van der Waals surface area contributed by atoms with E-state index >= 15 is 0 Å². The molecule has 0 aliphatic carbocycles. The number of nitrogens with one attached hydrogen (secondary N) is 1. The zero-order chi connectivity index (χ0) is 16.0. The summed E-state index contributed by atoms with van der Waals surface area (Å²) in [5.41, 5.74) is 5.15. The lowest BCUT2D eigenvalue weighted by Crippen LogP contribution is -2.18. The smallest absolute Gasteiger partial charge is 0.130 e. The first-order chi connectivity index (χ1) is 9.92. The number of hydrogen-bond acceptors (Lipinski definition) is 1. The Bertz CT molecular complexity index is 539. The van der Waals surface area contributed by atoms with Gasteiger partial charge in [0.15, 0.2) is 0 Å². The molecule has 116 valence electrons. The summed E-state index contributed by atoms with van der Waals surface area (Å²) < 4.78 is 14.0. The Morgan fingerprint density at radius 1 is 1.33 bits per heavy atom. The van der Waals surface area contributed by atoms with Crippen molar-refractivity contribution < 1.29 is 4.39 Å². The molecule has 21 heavy (non-hydrogen) atoms. The number of hydrogen-bond donors (Lipinski definition) is 1. The largest absolute Gasteiger partial charge is 0.384 e. The molecule has 1 aromatic carbocycles. The van der Waals surface area contributed by atoms with Crippen LogP contribution in [0, 0.1) is 18.7 Å². The molecule has 0 atom stereocenters. The Morgan fingerprint density at radius 2 is 2.00 bits per heavy atom. The third-order valence-electron chi connectivity index (χ3n) is 3.88. The third-order valence-corrected chi connectivity index (χ3v) is 3.88. The molecule has 0 saturated carbocycles. The minimum atomic E-state index is -0.139. The highest BCUT2D eigenvalue weighted by molar-refractivity contribution is 5.67. The van der Waals surface area contributed by atoms with Crippen molar-refractivity contribution >= 4 is 5.57 Å². The van der Waals surface area contributed by atoms with Gasteiger partial charge in [0.05, 0.1) is 0 Å². The van der Waals surface area contributed by atoms with E-state index in [2.05, 4.69) is 32.2 Å². The Balaban J connectivity index is 3.03. The van der Waals surface area contributed by atoms with Gasteiger partial charge in [0.1, 0.15) is 5.82 Å². The Morgan fingerprint density at radius 3 is 2.52 bits per heavy atom. The lowest BCUT2D eigenvalue weighted by atomic mass is 9.96. The molecule has 0 spiro atoms. The van der Waals surface area contributed by atoms with Crippen LogP contribution < -0.4 is 5.32 Å². The van der Waals surface area contributed by atoms with Crippen LogP contribution in [-0.2, 0) is 6.54 Å². The van der Waals surface area contributed by atoms with Gasteiger partial charge in [-0.2, -0.15) is 0 Å². The molecule has 0 fully saturated rings. The van der Waals surface area contributed by atoms with Gasteiger partial charge in [0.2, 0.25) is 0 Å². The number of halogens is 1. The summed E-state index contributed by atoms with van der Waals surface area (Å²) in [5.74, 6) is 0.336. The summed E-state index contributed by atoms with van der Waals surface area (Å²) in [5, 5.41) is 3.50. The maximum absolute atomic E-state index is 14.0. The van der Waals surface area contributed by atoms with Crippen LogP contribution in [0.3, 0.4) is 0 Å². The monoisotopic (exact) mass is 289 g/mol. The van der Waals surface area contributed by atoms with E-state index in [-0.39, 0.29) is 5.82 Å². The molecule has 0 saturated heterocycles. The zero-order valence-electron chi connectivity index (χ0n) is 14.2. The fourth-order valence-corrected chi connectivity index (χ4v) is 2.47. The molecule has 0 aromatic heterocycles. The van der Waals surface area contributed by atoms with Gasteiger partial charge < -0.3 is 5.32 Å². The zero-order valence-corrected chi connectivity index (χ0v) is 14.2. The molecule has 0 aliphatic rings. The van der Waals surface area contributed by atoms with Gasteiger partial charge in [-0.05, 0) is 55.9 Å². The van der Waals surface area contributed by atoms with Crippen molar-refractivity contribution in [3.05, 3.63) is 52.5 Å². The first-order valence-corrected chi connectivity index (χ1v) is 7.77. The highest BCUT2D eigenvalue weighted by atomic mass is 19.1. The molecular weight excluding hydrogens is 261 g/mol. The predicted octanol–water partition coefficient (Wildman–Crippen LogP) is 5.60. The second-order valence-electron chi connectivity index (χ2n) is 5.75. The molecule has 2 heteroatoms. The van der Waals surface area contributed by atoms with E-state index < -0.39 is 0 Å². The second-order valence-corrected chi connectivity index (χ2v) is 5.75. The molecule has 1 rings (SSSR count). The average molecular weight is 289 g/mol. The quantitative estimate of drug-likeness (QED) is 0.719. The third kappa shape index (κ3) is 4.45. The average Bonchev–Trinajstić information content (AvgIpc) is 2.44. The van der Waals surface area contributed by atoms with Crippen LogP contribution in [0.2, 0.25) is 0 Å². The topological polar surface area (TPSA) is 12.0 Å². The lowest BCUT2D eigenvalue weighted by Gasteiger charge is -2.18. The molecule has 1 aromatic rings. The maximum Gasteiger partial charge on any atom is 0.130 e. The molecule has 1 nitrogen and oxygen atoms in total. The van der Waals surface area contributed by atoms with Crippen LogP contribution in [0.15, 0.2) is 30.0 Å². The van der Waals surface area contributed by atoms with Gasteiger partial charge in [-0.15, -0.1) is 0 Å². The number of benzene rings is 1. The summed E-state index contributed by atoms with van der Waals surface area (Å²) in [6.45, 7) is 13.1. The highest BCUT2D eigenvalue weighted by Gasteiger charge is 2.12. The van der Waals surface area contributed by atoms with Gasteiger partial charge in [-0.25, -0.2) is 4.39 Å². The van der Waals surface area contributed by atoms with E-state index in [9.17, 15) is 4.39 Å². The first kappa shape index (κ1) is 17.5. The van der Waals surface area contributed by atoms with E-state index in [0.717, 1.165) is 35.2 Å². The molecule has 0 unspecified atom stereocenters. The van der Waals surface area contributed by atoms with Crippen LogP contribution in [0.25, 0.3) is 5.57 Å². The van der Waals surface area contributed by atoms with E-state index in [1.807, 2.05) is 32.9 Å². The maximum atomic E-state index is 14.0. The summed E-state index contributed by atoms with van der Waals surface area (Å²) in [4.78, 5) is 0. The Labute approximate surface area is 129 Å². The normalized spacial score (nSPS) is 13.0. The summed E-state index contributed by atoms with van der Waals surface area (Å²) >= 11 is 0. The van der Waals surface area contributed by atoms with E-state index in [1.165, 1.54) is 5.70 Å². The van der Waals surface area contributed by atoms with Crippen molar-refractivity contribution in [2.45, 2.75) is 54.5 Å². The summed E-state index contributed by atoms with van der Waals surface area (Å²) in [6, 6.07) is 3.46. The molecule has 0 amide bonds. The van der Waals surface area contributed by atoms with Crippen LogP contribution in [0.1, 0.15) is 57.7 Å². The SMILES string of the molecule is C/C=C(/C)c1c(F)ccc(CNC(=CCC)C(C)C)c1C. The fraction of sp³-hybridized carbons (Fsp3) is 0.474. The van der Waals surface area contributed by atoms with E-state index in [1.54, 1.807) is 6.07 Å². The van der Waals surface area contributed by atoms with Gasteiger partial charge in [-0.1, -0.05) is 39.0 Å². The predicted molar refractivity (Wildman–Crippen MR) is 90.5 cm³/mol. The van der Waals surface area contributed by atoms with Crippen LogP contribution in [-0.4, -0.2) is 0 Å². The molecule has 0 radical (unpaired) electrons. The molecule has 0 aliphatic heterocycles. The van der Waals surface area contributed by atoms with Gasteiger partial charge in [-0.3, -0.25) is 0 Å². The Hall–Kier alpha value is -1.57. The molecule has 0 heterocycles. The van der Waals surface area contributed by atoms with Crippen LogP contribution in [0.5, 0.6) is 0 Å². The molecular formula is C19H28FN. The minimum absolute atomic E-state index is 0.139. The van der Waals surface area contributed by atoms with Crippen molar-refractivity contribution in [2.24, 2.45) is 5.92 Å². The minimum Gasteiger partial charge on any atom is -0.384 e. The van der Waals surface area contributed by atoms with Crippen LogP contribution in [0.4, 0.5) is 4.39 Å². The summed E-state index contributed by atoms with van der Waals surface area (Å²) in [7, 11) is 0. The van der Waals surface area contributed by atoms with Crippen molar-refractivity contribution in [1.82, 2.24) is 5.32 Å². The van der Waals surface area contributed by atoms with Crippen molar-refractivity contribution in [3.8, 4) is 0 Å². The van der Waals surface area contributed by atoms with Crippen molar-refractivity contribution in [1.29, 1.82) is 0 Å². The molecule has 1 N–H and O–H groups in total. The van der Waals surface area contributed by atoms with Gasteiger partial charge >= 0.3 is 0 Å². The first-order valence-electron chi connectivity index (χ1n) is 7.77.